The van der Waals surface area contributed by atoms with Crippen molar-refractivity contribution in [3.8, 4) is 5.75 Å². The summed E-state index contributed by atoms with van der Waals surface area (Å²) in [4.78, 5) is 0. The van der Waals surface area contributed by atoms with Crippen LogP contribution in [0.1, 0.15) is 78.7 Å². The number of hydrogen-bond acceptors (Lipinski definition) is 5. The Morgan fingerprint density at radius 2 is 1.46 bits per heavy atom. The molecule has 50 heavy (non-hydrogen) atoms. The van der Waals surface area contributed by atoms with Crippen LogP contribution in [0.2, 0.25) is 5.04 Å². The first-order chi connectivity index (χ1) is 24.0. The van der Waals surface area contributed by atoms with Crippen molar-refractivity contribution in [2.45, 2.75) is 97.0 Å². The van der Waals surface area contributed by atoms with Gasteiger partial charge in [-0.05, 0) is 94.3 Å². The molecule has 0 unspecified atom stereocenters. The molecule has 0 aliphatic heterocycles. The summed E-state index contributed by atoms with van der Waals surface area (Å²) in [6.07, 6.45) is 11.9. The van der Waals surface area contributed by atoms with Crippen LogP contribution in [0.4, 0.5) is 0 Å². The van der Waals surface area contributed by atoms with Gasteiger partial charge in [-0.15, -0.1) is 0 Å². The molecule has 3 aliphatic rings. The molecule has 0 bridgehead atoms. The fourth-order valence-electron chi connectivity index (χ4n) is 10.3. The molecule has 0 amide bonds. The largest absolute Gasteiger partial charge is 0.497 e. The van der Waals surface area contributed by atoms with Gasteiger partial charge in [0.2, 0.25) is 0 Å². The number of benzene rings is 3. The van der Waals surface area contributed by atoms with Crippen LogP contribution in [0.3, 0.4) is 0 Å². The molecule has 0 spiro atoms. The molecule has 0 heterocycles. The predicted molar refractivity (Wildman–Crippen MR) is 205 cm³/mol. The van der Waals surface area contributed by atoms with Crippen molar-refractivity contribution in [2.24, 2.45) is 28.6 Å². The quantitative estimate of drug-likeness (QED) is 0.102. The standard InChI is InChI=1S/C44H60O5Si/c1-42(2,3)50(37-15-10-8-11-16-37,38-17-12-9-13-18-38)49-28-27-43(4)25-14-26-44(5)39-30-36(47-31-33-19-22-35(46-7)23-20-33)24-21-34(39)29-40(41(43)44)48-32-45-6/h8-20,22-23,25,34,36,39-41H,21,24,26-32H2,1-7H3/t34-,36+,39+,40+,41+,43-,44-/m0/s1. The van der Waals surface area contributed by atoms with E-state index in [0.29, 0.717) is 37.8 Å². The summed E-state index contributed by atoms with van der Waals surface area (Å²) in [6.45, 7) is 13.8. The molecule has 3 aliphatic carbocycles. The van der Waals surface area contributed by atoms with Gasteiger partial charge in [-0.3, -0.25) is 0 Å². The van der Waals surface area contributed by atoms with E-state index in [9.17, 15) is 0 Å². The Balaban J connectivity index is 1.25. The molecule has 0 aromatic heterocycles. The monoisotopic (exact) mass is 696 g/mol. The molecule has 0 saturated heterocycles. The summed E-state index contributed by atoms with van der Waals surface area (Å²) >= 11 is 0. The molecule has 6 rings (SSSR count). The Kier molecular flexibility index (Phi) is 11.5. The van der Waals surface area contributed by atoms with E-state index in [4.69, 9.17) is 23.4 Å². The normalized spacial score (nSPS) is 29.6. The van der Waals surface area contributed by atoms with E-state index in [1.807, 2.05) is 12.1 Å². The molecule has 2 saturated carbocycles. The second kappa shape index (κ2) is 15.5. The Labute approximate surface area is 302 Å². The molecular weight excluding hydrogens is 637 g/mol. The Morgan fingerprint density at radius 3 is 2.06 bits per heavy atom. The van der Waals surface area contributed by atoms with Crippen molar-refractivity contribution in [3.63, 3.8) is 0 Å². The average Bonchev–Trinajstić information content (AvgIpc) is 3.12. The third-order valence-electron chi connectivity index (χ3n) is 12.6. The van der Waals surface area contributed by atoms with Gasteiger partial charge in [0.05, 0.1) is 25.9 Å². The topological polar surface area (TPSA) is 46.2 Å². The smallest absolute Gasteiger partial charge is 0.261 e. The van der Waals surface area contributed by atoms with Crippen molar-refractivity contribution in [2.75, 3.05) is 27.6 Å². The zero-order chi connectivity index (χ0) is 35.4. The number of methoxy groups -OCH3 is 2. The molecule has 5 nitrogen and oxygen atoms in total. The van der Waals surface area contributed by atoms with Crippen molar-refractivity contribution >= 4 is 18.7 Å². The molecule has 3 aromatic rings. The maximum absolute atomic E-state index is 7.49. The van der Waals surface area contributed by atoms with Crippen LogP contribution in [-0.2, 0) is 25.2 Å². The fourth-order valence-corrected chi connectivity index (χ4v) is 14.9. The van der Waals surface area contributed by atoms with Crippen LogP contribution in [0.25, 0.3) is 0 Å². The maximum Gasteiger partial charge on any atom is 0.261 e. The number of rotatable bonds is 13. The van der Waals surface area contributed by atoms with E-state index in [2.05, 4.69) is 120 Å². The maximum atomic E-state index is 7.49. The summed E-state index contributed by atoms with van der Waals surface area (Å²) in [5, 5.41) is 2.61. The first-order valence-electron chi connectivity index (χ1n) is 18.8. The molecule has 2 fully saturated rings. The summed E-state index contributed by atoms with van der Waals surface area (Å²) < 4.78 is 31.7. The van der Waals surface area contributed by atoms with Gasteiger partial charge in [-0.2, -0.15) is 0 Å². The molecule has 7 atom stereocenters. The van der Waals surface area contributed by atoms with Crippen LogP contribution in [0, 0.1) is 28.6 Å². The van der Waals surface area contributed by atoms with Crippen molar-refractivity contribution in [3.05, 3.63) is 103 Å². The summed E-state index contributed by atoms with van der Waals surface area (Å²) in [5.74, 6) is 2.43. The minimum absolute atomic E-state index is 0.0569. The first-order valence-corrected chi connectivity index (χ1v) is 20.7. The molecular formula is C44H60O5Si. The number of ether oxygens (including phenoxy) is 4. The van der Waals surface area contributed by atoms with Gasteiger partial charge < -0.3 is 23.4 Å². The van der Waals surface area contributed by atoms with Gasteiger partial charge in [0.25, 0.3) is 8.32 Å². The van der Waals surface area contributed by atoms with Crippen molar-refractivity contribution in [1.29, 1.82) is 0 Å². The number of hydrogen-bond donors (Lipinski definition) is 0. The minimum Gasteiger partial charge on any atom is -0.497 e. The average molecular weight is 697 g/mol. The van der Waals surface area contributed by atoms with E-state index in [1.54, 1.807) is 14.2 Å². The van der Waals surface area contributed by atoms with Crippen LogP contribution in [0.5, 0.6) is 5.75 Å². The predicted octanol–water partition coefficient (Wildman–Crippen LogP) is 8.94. The third-order valence-corrected chi connectivity index (χ3v) is 17.6. The first kappa shape index (κ1) is 37.0. The summed E-state index contributed by atoms with van der Waals surface area (Å²) in [5.41, 5.74) is 1.20. The highest BCUT2D eigenvalue weighted by Gasteiger charge is 2.60. The zero-order valence-electron chi connectivity index (χ0n) is 31.5. The summed E-state index contributed by atoms with van der Waals surface area (Å²) in [6, 6.07) is 30.3. The second-order valence-corrected chi connectivity index (χ2v) is 21.0. The highest BCUT2D eigenvalue weighted by Crippen LogP contribution is 2.63. The van der Waals surface area contributed by atoms with E-state index in [0.717, 1.165) is 37.9 Å². The molecule has 0 N–H and O–H groups in total. The molecule has 270 valence electrons. The van der Waals surface area contributed by atoms with Gasteiger partial charge >= 0.3 is 0 Å². The van der Waals surface area contributed by atoms with Crippen LogP contribution < -0.4 is 15.1 Å². The fraction of sp³-hybridized carbons (Fsp3) is 0.545. The lowest BCUT2D eigenvalue weighted by Crippen LogP contribution is -2.67. The second-order valence-electron chi connectivity index (χ2n) is 16.7. The van der Waals surface area contributed by atoms with Crippen LogP contribution in [0.15, 0.2) is 97.1 Å². The lowest BCUT2D eigenvalue weighted by atomic mass is 9.44. The summed E-state index contributed by atoms with van der Waals surface area (Å²) in [7, 11) is 0.808. The van der Waals surface area contributed by atoms with Crippen molar-refractivity contribution in [1.82, 2.24) is 0 Å². The van der Waals surface area contributed by atoms with Gasteiger partial charge in [-0.1, -0.05) is 120 Å². The van der Waals surface area contributed by atoms with Crippen molar-refractivity contribution < 1.29 is 23.4 Å². The van der Waals surface area contributed by atoms with E-state index < -0.39 is 8.32 Å². The van der Waals surface area contributed by atoms with E-state index in [-0.39, 0.29) is 28.1 Å². The Hall–Kier alpha value is -2.74. The molecule has 6 heteroatoms. The van der Waals surface area contributed by atoms with Gasteiger partial charge in [0.1, 0.15) is 12.5 Å². The minimum atomic E-state index is -2.65. The Morgan fingerprint density at radius 1 is 0.800 bits per heavy atom. The van der Waals surface area contributed by atoms with E-state index in [1.165, 1.54) is 22.4 Å². The Bertz CT molecular complexity index is 1500. The highest BCUT2D eigenvalue weighted by atomic mass is 28.4. The number of allylic oxidation sites excluding steroid dienone is 2. The van der Waals surface area contributed by atoms with Crippen LogP contribution in [-0.4, -0.2) is 48.1 Å². The van der Waals surface area contributed by atoms with Gasteiger partial charge in [0.15, 0.2) is 0 Å². The highest BCUT2D eigenvalue weighted by molar-refractivity contribution is 6.99. The zero-order valence-corrected chi connectivity index (χ0v) is 32.5. The van der Waals surface area contributed by atoms with E-state index >= 15 is 0 Å². The molecule has 3 aromatic carbocycles. The molecule has 0 radical (unpaired) electrons. The van der Waals surface area contributed by atoms with Gasteiger partial charge in [-0.25, -0.2) is 0 Å². The third kappa shape index (κ3) is 7.29. The number of fused-ring (bicyclic) bond motifs is 3. The van der Waals surface area contributed by atoms with Crippen LogP contribution >= 0.6 is 0 Å². The van der Waals surface area contributed by atoms with Gasteiger partial charge in [0, 0.05) is 19.6 Å². The lowest BCUT2D eigenvalue weighted by Gasteiger charge is -2.62. The SMILES string of the molecule is COCO[C@@H]1C[C@@H]2CC[C@@H](OCc3ccc(OC)cc3)C[C@H]2[C@]2(C)CC=C[C@@](C)(CCO[Si](c3ccccc3)(c3ccccc3)C(C)(C)C)[C@@H]12. The lowest BCUT2D eigenvalue weighted by molar-refractivity contribution is -0.201.